The van der Waals surface area contributed by atoms with Gasteiger partial charge < -0.3 is 15.0 Å². The van der Waals surface area contributed by atoms with Crippen molar-refractivity contribution in [3.8, 4) is 5.75 Å². The number of hydrogen-bond acceptors (Lipinski definition) is 4. The van der Waals surface area contributed by atoms with Crippen molar-refractivity contribution in [3.63, 3.8) is 0 Å². The molecule has 152 valence electrons. The van der Waals surface area contributed by atoms with Crippen molar-refractivity contribution in [2.75, 3.05) is 25.5 Å². The Kier molecular flexibility index (Phi) is 5.81. The van der Waals surface area contributed by atoms with Gasteiger partial charge in [0.15, 0.2) is 0 Å². The summed E-state index contributed by atoms with van der Waals surface area (Å²) in [7, 11) is -2.12. The van der Waals surface area contributed by atoms with Crippen molar-refractivity contribution < 1.29 is 17.9 Å². The quantitative estimate of drug-likeness (QED) is 0.798. The number of rotatable bonds is 5. The molecule has 1 fully saturated rings. The van der Waals surface area contributed by atoms with Crippen LogP contribution in [-0.4, -0.2) is 43.8 Å². The number of sulfonamides is 1. The van der Waals surface area contributed by atoms with Gasteiger partial charge in [-0.1, -0.05) is 19.1 Å². The Morgan fingerprint density at radius 1 is 1.21 bits per heavy atom. The van der Waals surface area contributed by atoms with Crippen molar-refractivity contribution in [1.82, 2.24) is 9.29 Å². The van der Waals surface area contributed by atoms with Crippen LogP contribution in [0, 0.1) is 19.8 Å². The van der Waals surface area contributed by atoms with E-state index in [4.69, 9.17) is 4.74 Å². The summed E-state index contributed by atoms with van der Waals surface area (Å²) in [6.07, 6.45) is 1.70. The van der Waals surface area contributed by atoms with E-state index in [1.165, 1.54) is 11.4 Å². The van der Waals surface area contributed by atoms with E-state index in [1.54, 1.807) is 32.0 Å². The molecule has 0 aliphatic carbocycles. The highest BCUT2D eigenvalue weighted by Crippen LogP contribution is 2.30. The van der Waals surface area contributed by atoms with E-state index in [0.29, 0.717) is 41.7 Å². The van der Waals surface area contributed by atoms with Crippen LogP contribution in [0.5, 0.6) is 5.75 Å². The number of hydrogen-bond donors (Lipinski definition) is 2. The molecule has 1 aromatic carbocycles. The molecular weight excluding hydrogens is 378 g/mol. The number of nitrogens with one attached hydrogen (secondary N) is 2. The van der Waals surface area contributed by atoms with Crippen LogP contribution in [0.2, 0.25) is 0 Å². The molecule has 0 unspecified atom stereocenters. The minimum atomic E-state index is -3.65. The van der Waals surface area contributed by atoms with Crippen LogP contribution < -0.4 is 10.1 Å². The summed E-state index contributed by atoms with van der Waals surface area (Å²) in [5.74, 6) is 0.660. The number of anilines is 1. The fraction of sp³-hybridized carbons (Fsp3) is 0.450. The van der Waals surface area contributed by atoms with Crippen LogP contribution in [0.4, 0.5) is 5.69 Å². The van der Waals surface area contributed by atoms with Gasteiger partial charge in [-0.25, -0.2) is 8.42 Å². The first-order valence-electron chi connectivity index (χ1n) is 9.39. The van der Waals surface area contributed by atoms with Crippen molar-refractivity contribution >= 4 is 21.6 Å². The van der Waals surface area contributed by atoms with Gasteiger partial charge in [-0.05, 0) is 50.3 Å². The molecule has 2 N–H and O–H groups in total. The number of nitrogens with zero attached hydrogens (tertiary/aromatic N) is 1. The highest BCUT2D eigenvalue weighted by atomic mass is 32.2. The van der Waals surface area contributed by atoms with Crippen LogP contribution in [0.1, 0.15) is 41.5 Å². The van der Waals surface area contributed by atoms with Crippen molar-refractivity contribution in [2.45, 2.75) is 38.5 Å². The summed E-state index contributed by atoms with van der Waals surface area (Å²) < 4.78 is 33.2. The number of carbonyl (C=O) groups is 1. The smallest absolute Gasteiger partial charge is 0.272 e. The largest absolute Gasteiger partial charge is 0.495 e. The van der Waals surface area contributed by atoms with Crippen LogP contribution in [0.3, 0.4) is 0 Å². The molecule has 28 heavy (non-hydrogen) atoms. The van der Waals surface area contributed by atoms with Crippen LogP contribution >= 0.6 is 0 Å². The van der Waals surface area contributed by atoms with Gasteiger partial charge in [0, 0.05) is 18.8 Å². The van der Waals surface area contributed by atoms with E-state index in [1.807, 2.05) is 6.07 Å². The Bertz CT molecular complexity index is 973. The van der Waals surface area contributed by atoms with Gasteiger partial charge in [0.25, 0.3) is 5.91 Å². The lowest BCUT2D eigenvalue weighted by Crippen LogP contribution is -2.38. The average molecular weight is 406 g/mol. The Morgan fingerprint density at radius 3 is 2.50 bits per heavy atom. The van der Waals surface area contributed by atoms with Gasteiger partial charge in [0.2, 0.25) is 10.0 Å². The molecule has 1 aliphatic rings. The molecule has 3 rings (SSSR count). The van der Waals surface area contributed by atoms with Gasteiger partial charge in [-0.3, -0.25) is 4.79 Å². The normalized spacial score (nSPS) is 16.1. The van der Waals surface area contributed by atoms with Crippen molar-refractivity contribution in [1.29, 1.82) is 0 Å². The molecule has 0 bridgehead atoms. The Labute approximate surface area is 166 Å². The van der Waals surface area contributed by atoms with E-state index in [9.17, 15) is 13.2 Å². The molecule has 1 saturated heterocycles. The number of carbonyl (C=O) groups excluding carboxylic acids is 1. The van der Waals surface area contributed by atoms with E-state index in [2.05, 4.69) is 17.2 Å². The second kappa shape index (κ2) is 7.97. The molecule has 2 aromatic rings. The molecule has 8 heteroatoms. The number of piperidine rings is 1. The second-order valence-corrected chi connectivity index (χ2v) is 9.19. The Morgan fingerprint density at radius 2 is 1.86 bits per heavy atom. The van der Waals surface area contributed by atoms with Crippen LogP contribution in [0.25, 0.3) is 0 Å². The number of H-pyrrole nitrogens is 1. The lowest BCUT2D eigenvalue weighted by Gasteiger charge is -2.29. The molecule has 2 heterocycles. The zero-order valence-corrected chi connectivity index (χ0v) is 17.5. The summed E-state index contributed by atoms with van der Waals surface area (Å²) in [4.78, 5) is 16.0. The average Bonchev–Trinajstić information content (AvgIpc) is 2.97. The van der Waals surface area contributed by atoms with Crippen LogP contribution in [-0.2, 0) is 10.0 Å². The highest BCUT2D eigenvalue weighted by Gasteiger charge is 2.33. The highest BCUT2D eigenvalue weighted by molar-refractivity contribution is 7.89. The Hall–Kier alpha value is -2.32. The standard InChI is InChI=1S/C20H27N3O4S/c1-13-9-11-23(12-10-13)28(25,26)19-14(2)18(21-15(19)3)20(24)22-16-7-5-6-8-17(16)27-4/h5-8,13,21H,9-12H2,1-4H3,(H,22,24). The first kappa shape index (κ1) is 20.4. The number of methoxy groups -OCH3 is 1. The van der Waals surface area contributed by atoms with E-state index >= 15 is 0 Å². The Balaban J connectivity index is 1.90. The number of para-hydroxylation sites is 2. The minimum absolute atomic E-state index is 0.201. The molecule has 1 aliphatic heterocycles. The van der Waals surface area contributed by atoms with Gasteiger partial charge in [0.05, 0.1) is 12.8 Å². The molecule has 0 atom stereocenters. The van der Waals surface area contributed by atoms with Gasteiger partial charge in [0.1, 0.15) is 16.3 Å². The number of aromatic nitrogens is 1. The minimum Gasteiger partial charge on any atom is -0.495 e. The maximum atomic E-state index is 13.2. The lowest BCUT2D eigenvalue weighted by molar-refractivity contribution is 0.102. The number of aryl methyl sites for hydroxylation is 1. The maximum absolute atomic E-state index is 13.2. The lowest BCUT2D eigenvalue weighted by atomic mass is 10.0. The van der Waals surface area contributed by atoms with Gasteiger partial charge >= 0.3 is 0 Å². The molecule has 0 spiro atoms. The zero-order chi connectivity index (χ0) is 20.5. The monoisotopic (exact) mass is 405 g/mol. The zero-order valence-electron chi connectivity index (χ0n) is 16.7. The predicted molar refractivity (Wildman–Crippen MR) is 108 cm³/mol. The summed E-state index contributed by atoms with van der Waals surface area (Å²) in [6, 6.07) is 7.07. The summed E-state index contributed by atoms with van der Waals surface area (Å²) in [5.41, 5.74) is 1.67. The fourth-order valence-corrected chi connectivity index (χ4v) is 5.51. The van der Waals surface area contributed by atoms with E-state index in [-0.39, 0.29) is 10.6 Å². The second-order valence-electron chi connectivity index (χ2n) is 7.32. The summed E-state index contributed by atoms with van der Waals surface area (Å²) in [6.45, 7) is 6.51. The molecule has 7 nitrogen and oxygen atoms in total. The number of benzene rings is 1. The third kappa shape index (κ3) is 3.79. The van der Waals surface area contributed by atoms with E-state index < -0.39 is 15.9 Å². The van der Waals surface area contributed by atoms with Gasteiger partial charge in [-0.2, -0.15) is 4.31 Å². The fourth-order valence-electron chi connectivity index (χ4n) is 3.63. The number of aromatic amines is 1. The molecule has 0 saturated carbocycles. The molecule has 0 radical (unpaired) electrons. The number of ether oxygens (including phenoxy) is 1. The molecule has 1 aromatic heterocycles. The molecule has 1 amide bonds. The SMILES string of the molecule is COc1ccccc1NC(=O)c1[nH]c(C)c(S(=O)(=O)N2CCC(C)CC2)c1C. The third-order valence-corrected chi connectivity index (χ3v) is 7.46. The number of amides is 1. The predicted octanol–water partition coefficient (Wildman–Crippen LogP) is 3.31. The van der Waals surface area contributed by atoms with Crippen LogP contribution in [0.15, 0.2) is 29.2 Å². The third-order valence-electron chi connectivity index (χ3n) is 5.29. The van der Waals surface area contributed by atoms with Gasteiger partial charge in [-0.15, -0.1) is 0 Å². The summed E-state index contributed by atoms with van der Waals surface area (Å²) in [5, 5.41) is 2.79. The van der Waals surface area contributed by atoms with E-state index in [0.717, 1.165) is 12.8 Å². The van der Waals surface area contributed by atoms with Crippen molar-refractivity contribution in [2.24, 2.45) is 5.92 Å². The van der Waals surface area contributed by atoms with Crippen molar-refractivity contribution in [3.05, 3.63) is 41.2 Å². The molecular formula is C20H27N3O4S. The first-order chi connectivity index (χ1) is 13.3. The first-order valence-corrected chi connectivity index (χ1v) is 10.8. The summed E-state index contributed by atoms with van der Waals surface area (Å²) >= 11 is 0. The maximum Gasteiger partial charge on any atom is 0.272 e. The topological polar surface area (TPSA) is 91.5 Å².